The van der Waals surface area contributed by atoms with E-state index in [2.05, 4.69) is 37.4 Å². The van der Waals surface area contributed by atoms with Crippen molar-refractivity contribution in [2.45, 2.75) is 20.4 Å². The highest BCUT2D eigenvalue weighted by Crippen LogP contribution is 2.12. The van der Waals surface area contributed by atoms with Crippen LogP contribution in [0, 0.1) is 13.8 Å². The Kier molecular flexibility index (Phi) is 3.59. The maximum Gasteiger partial charge on any atom is 0.261 e. The summed E-state index contributed by atoms with van der Waals surface area (Å²) in [7, 11) is 0. The minimum Gasteiger partial charge on any atom is -0.347 e. The molecule has 1 aromatic heterocycles. The van der Waals surface area contributed by atoms with Gasteiger partial charge < -0.3 is 5.32 Å². The minimum atomic E-state index is -0.0000231. The molecule has 0 saturated heterocycles. The molecule has 17 heavy (non-hydrogen) atoms. The minimum absolute atomic E-state index is 0.0000231. The molecule has 0 bridgehead atoms. The van der Waals surface area contributed by atoms with Crippen molar-refractivity contribution in [3.05, 3.63) is 57.3 Å². The van der Waals surface area contributed by atoms with Crippen molar-refractivity contribution in [3.63, 3.8) is 0 Å². The lowest BCUT2D eigenvalue weighted by Crippen LogP contribution is -2.22. The van der Waals surface area contributed by atoms with Crippen LogP contribution in [-0.4, -0.2) is 5.91 Å². The summed E-state index contributed by atoms with van der Waals surface area (Å²) in [5, 5.41) is 4.84. The first-order chi connectivity index (χ1) is 8.16. The van der Waals surface area contributed by atoms with Gasteiger partial charge in [0.05, 0.1) is 4.88 Å². The van der Waals surface area contributed by atoms with Crippen LogP contribution in [0.4, 0.5) is 0 Å². The van der Waals surface area contributed by atoms with Gasteiger partial charge in [-0.1, -0.05) is 29.8 Å². The maximum absolute atomic E-state index is 11.8. The summed E-state index contributed by atoms with van der Waals surface area (Å²) in [6.45, 7) is 4.73. The highest BCUT2D eigenvalue weighted by atomic mass is 32.1. The second kappa shape index (κ2) is 5.15. The first-order valence-corrected chi connectivity index (χ1v) is 6.42. The zero-order valence-corrected chi connectivity index (χ0v) is 10.8. The molecule has 0 fully saturated rings. The van der Waals surface area contributed by atoms with Gasteiger partial charge in [0, 0.05) is 6.54 Å². The average Bonchev–Trinajstić information content (AvgIpc) is 2.81. The van der Waals surface area contributed by atoms with Crippen molar-refractivity contribution in [2.75, 3.05) is 0 Å². The summed E-state index contributed by atoms with van der Waals surface area (Å²) in [4.78, 5) is 12.5. The molecule has 0 aliphatic rings. The second-order valence-corrected chi connectivity index (χ2v) is 5.04. The van der Waals surface area contributed by atoms with Gasteiger partial charge in [-0.25, -0.2) is 0 Å². The lowest BCUT2D eigenvalue weighted by Gasteiger charge is -2.08. The van der Waals surface area contributed by atoms with Crippen LogP contribution in [0.1, 0.15) is 26.4 Å². The van der Waals surface area contributed by atoms with E-state index in [4.69, 9.17) is 0 Å². The Balaban J connectivity index is 2.01. The number of benzene rings is 1. The van der Waals surface area contributed by atoms with Crippen LogP contribution in [0.2, 0.25) is 0 Å². The average molecular weight is 245 g/mol. The predicted molar refractivity (Wildman–Crippen MR) is 71.4 cm³/mol. The number of rotatable bonds is 3. The highest BCUT2D eigenvalue weighted by molar-refractivity contribution is 7.12. The van der Waals surface area contributed by atoms with Crippen LogP contribution in [0.5, 0.6) is 0 Å². The number of hydrogen-bond acceptors (Lipinski definition) is 2. The van der Waals surface area contributed by atoms with E-state index in [1.165, 1.54) is 28.0 Å². The largest absolute Gasteiger partial charge is 0.347 e. The monoisotopic (exact) mass is 245 g/mol. The van der Waals surface area contributed by atoms with Crippen LogP contribution in [0.25, 0.3) is 0 Å². The Labute approximate surface area is 105 Å². The standard InChI is InChI=1S/C14H15NOS/c1-10-5-6-12(11(2)8-10)9-15-14(16)13-4-3-7-17-13/h3-8H,9H2,1-2H3,(H,15,16). The Morgan fingerprint density at radius 3 is 2.76 bits per heavy atom. The van der Waals surface area contributed by atoms with Gasteiger partial charge in [0.2, 0.25) is 0 Å². The molecule has 0 saturated carbocycles. The summed E-state index contributed by atoms with van der Waals surface area (Å²) in [5.74, 6) is -0.0000231. The lowest BCUT2D eigenvalue weighted by molar-refractivity contribution is 0.0955. The SMILES string of the molecule is Cc1ccc(CNC(=O)c2cccs2)c(C)c1. The summed E-state index contributed by atoms with van der Waals surface area (Å²) >= 11 is 1.46. The normalized spacial score (nSPS) is 10.2. The van der Waals surface area contributed by atoms with Crippen molar-refractivity contribution in [1.29, 1.82) is 0 Å². The van der Waals surface area contributed by atoms with Crippen LogP contribution < -0.4 is 5.32 Å². The first-order valence-electron chi connectivity index (χ1n) is 5.54. The summed E-state index contributed by atoms with van der Waals surface area (Å²) in [6.07, 6.45) is 0. The molecule has 0 unspecified atom stereocenters. The van der Waals surface area contributed by atoms with E-state index in [1.807, 2.05) is 17.5 Å². The predicted octanol–water partition coefficient (Wildman–Crippen LogP) is 3.29. The molecule has 1 N–H and O–H groups in total. The molecule has 0 radical (unpaired) electrons. The van der Waals surface area contributed by atoms with E-state index in [1.54, 1.807) is 0 Å². The molecule has 1 amide bonds. The second-order valence-electron chi connectivity index (χ2n) is 4.09. The van der Waals surface area contributed by atoms with E-state index in [9.17, 15) is 4.79 Å². The number of carbonyl (C=O) groups excluding carboxylic acids is 1. The fourth-order valence-corrected chi connectivity index (χ4v) is 2.35. The highest BCUT2D eigenvalue weighted by Gasteiger charge is 2.06. The smallest absolute Gasteiger partial charge is 0.261 e. The zero-order valence-electron chi connectivity index (χ0n) is 9.99. The Morgan fingerprint density at radius 1 is 1.29 bits per heavy atom. The van der Waals surface area contributed by atoms with Crippen molar-refractivity contribution >= 4 is 17.2 Å². The molecular formula is C14H15NOS. The number of carbonyl (C=O) groups is 1. The zero-order chi connectivity index (χ0) is 12.3. The van der Waals surface area contributed by atoms with Crippen molar-refractivity contribution in [2.24, 2.45) is 0 Å². The number of aryl methyl sites for hydroxylation is 2. The number of nitrogens with one attached hydrogen (secondary N) is 1. The Hall–Kier alpha value is -1.61. The number of thiophene rings is 1. The van der Waals surface area contributed by atoms with Gasteiger partial charge in [-0.15, -0.1) is 11.3 Å². The summed E-state index contributed by atoms with van der Waals surface area (Å²) in [6, 6.07) is 9.99. The third-order valence-electron chi connectivity index (χ3n) is 2.68. The van der Waals surface area contributed by atoms with Crippen LogP contribution in [0.3, 0.4) is 0 Å². The Morgan fingerprint density at radius 2 is 2.12 bits per heavy atom. The fourth-order valence-electron chi connectivity index (χ4n) is 1.71. The van der Waals surface area contributed by atoms with E-state index in [0.717, 1.165) is 4.88 Å². The van der Waals surface area contributed by atoms with Crippen LogP contribution in [-0.2, 0) is 6.54 Å². The molecule has 2 nitrogen and oxygen atoms in total. The van der Waals surface area contributed by atoms with Crippen LogP contribution in [0.15, 0.2) is 35.7 Å². The molecule has 2 rings (SSSR count). The van der Waals surface area contributed by atoms with Crippen molar-refractivity contribution < 1.29 is 4.79 Å². The number of amides is 1. The van der Waals surface area contributed by atoms with E-state index in [-0.39, 0.29) is 5.91 Å². The Bertz CT molecular complexity index is 517. The van der Waals surface area contributed by atoms with Gasteiger partial charge in [0.15, 0.2) is 0 Å². The molecule has 88 valence electrons. The summed E-state index contributed by atoms with van der Waals surface area (Å²) in [5.41, 5.74) is 3.63. The van der Waals surface area contributed by atoms with Gasteiger partial charge in [-0.05, 0) is 36.4 Å². The molecule has 0 aliphatic carbocycles. The van der Waals surface area contributed by atoms with Gasteiger partial charge >= 0.3 is 0 Å². The van der Waals surface area contributed by atoms with E-state index < -0.39 is 0 Å². The number of hydrogen-bond donors (Lipinski definition) is 1. The maximum atomic E-state index is 11.8. The quantitative estimate of drug-likeness (QED) is 0.883. The third kappa shape index (κ3) is 2.94. The molecule has 1 heterocycles. The van der Waals surface area contributed by atoms with Crippen molar-refractivity contribution in [3.8, 4) is 0 Å². The molecule has 3 heteroatoms. The van der Waals surface area contributed by atoms with Crippen molar-refractivity contribution in [1.82, 2.24) is 5.32 Å². The van der Waals surface area contributed by atoms with Gasteiger partial charge in [-0.3, -0.25) is 4.79 Å². The van der Waals surface area contributed by atoms with E-state index >= 15 is 0 Å². The summed E-state index contributed by atoms with van der Waals surface area (Å²) < 4.78 is 0. The molecule has 0 aliphatic heterocycles. The molecular weight excluding hydrogens is 230 g/mol. The van der Waals surface area contributed by atoms with Gasteiger partial charge in [-0.2, -0.15) is 0 Å². The molecule has 0 atom stereocenters. The fraction of sp³-hybridized carbons (Fsp3) is 0.214. The molecule has 2 aromatic rings. The molecule has 1 aromatic carbocycles. The molecule has 0 spiro atoms. The third-order valence-corrected chi connectivity index (χ3v) is 3.55. The topological polar surface area (TPSA) is 29.1 Å². The van der Waals surface area contributed by atoms with Gasteiger partial charge in [0.1, 0.15) is 0 Å². The van der Waals surface area contributed by atoms with Crippen LogP contribution >= 0.6 is 11.3 Å². The van der Waals surface area contributed by atoms with Gasteiger partial charge in [0.25, 0.3) is 5.91 Å². The lowest BCUT2D eigenvalue weighted by atomic mass is 10.1. The first kappa shape index (κ1) is 11.9. The van der Waals surface area contributed by atoms with E-state index in [0.29, 0.717) is 6.54 Å².